The number of carbonyl (C=O) groups is 1. The van der Waals surface area contributed by atoms with E-state index in [-0.39, 0.29) is 0 Å². The Balaban J connectivity index is 1.93. The van der Waals surface area contributed by atoms with Crippen molar-refractivity contribution in [3.8, 4) is 0 Å². The second kappa shape index (κ2) is 6.60. The highest BCUT2D eigenvalue weighted by atomic mass is 79.9. The molecule has 6 heteroatoms. The molecule has 1 aromatic carbocycles. The standard InChI is InChI=1S/C13H11BrN2O2S/c14-11-7-6-10(19-11)8-15-16-13(18)12(17)9-4-2-1-3-5-9/h1-8,12,17H,(H,16,18). The topological polar surface area (TPSA) is 61.7 Å². The van der Waals surface area contributed by atoms with Crippen LogP contribution in [0.2, 0.25) is 0 Å². The summed E-state index contributed by atoms with van der Waals surface area (Å²) in [7, 11) is 0. The van der Waals surface area contributed by atoms with Crippen LogP contribution in [0.1, 0.15) is 16.5 Å². The van der Waals surface area contributed by atoms with Crippen LogP contribution >= 0.6 is 27.3 Å². The minimum absolute atomic E-state index is 0.536. The van der Waals surface area contributed by atoms with E-state index < -0.39 is 12.0 Å². The van der Waals surface area contributed by atoms with Crippen molar-refractivity contribution in [2.75, 3.05) is 0 Å². The van der Waals surface area contributed by atoms with Crippen molar-refractivity contribution in [1.29, 1.82) is 0 Å². The molecule has 0 fully saturated rings. The molecule has 2 rings (SSSR count). The first kappa shape index (κ1) is 13.9. The van der Waals surface area contributed by atoms with Gasteiger partial charge in [-0.3, -0.25) is 4.79 Å². The van der Waals surface area contributed by atoms with E-state index in [1.54, 1.807) is 24.3 Å². The van der Waals surface area contributed by atoms with Crippen molar-refractivity contribution < 1.29 is 9.90 Å². The van der Waals surface area contributed by atoms with Gasteiger partial charge in [-0.2, -0.15) is 5.10 Å². The average Bonchev–Trinajstić information content (AvgIpc) is 2.84. The van der Waals surface area contributed by atoms with E-state index in [9.17, 15) is 9.90 Å². The third kappa shape index (κ3) is 3.99. The molecule has 4 nitrogen and oxygen atoms in total. The zero-order chi connectivity index (χ0) is 13.7. The first-order valence-electron chi connectivity index (χ1n) is 5.48. The van der Waals surface area contributed by atoms with Crippen molar-refractivity contribution in [3.63, 3.8) is 0 Å². The van der Waals surface area contributed by atoms with Gasteiger partial charge in [0.25, 0.3) is 5.91 Å². The quantitative estimate of drug-likeness (QED) is 0.665. The smallest absolute Gasteiger partial charge is 0.273 e. The highest BCUT2D eigenvalue weighted by Crippen LogP contribution is 2.20. The summed E-state index contributed by atoms with van der Waals surface area (Å²) in [4.78, 5) is 12.6. The minimum atomic E-state index is -1.21. The number of benzene rings is 1. The first-order chi connectivity index (χ1) is 9.16. The van der Waals surface area contributed by atoms with Gasteiger partial charge in [0.2, 0.25) is 0 Å². The molecule has 1 aromatic heterocycles. The van der Waals surface area contributed by atoms with Crippen LogP contribution in [0.4, 0.5) is 0 Å². The highest BCUT2D eigenvalue weighted by molar-refractivity contribution is 9.11. The summed E-state index contributed by atoms with van der Waals surface area (Å²) in [6, 6.07) is 12.5. The van der Waals surface area contributed by atoms with Crippen LogP contribution in [0, 0.1) is 0 Å². The molecular weight excluding hydrogens is 328 g/mol. The average molecular weight is 339 g/mol. The van der Waals surface area contributed by atoms with Crippen LogP contribution in [0.25, 0.3) is 0 Å². The number of aliphatic hydroxyl groups excluding tert-OH is 1. The summed E-state index contributed by atoms with van der Waals surface area (Å²) < 4.78 is 0.990. The van der Waals surface area contributed by atoms with Gasteiger partial charge in [-0.05, 0) is 33.6 Å². The molecule has 2 N–H and O–H groups in total. The zero-order valence-corrected chi connectivity index (χ0v) is 12.2. The molecule has 0 spiro atoms. The largest absolute Gasteiger partial charge is 0.378 e. The Morgan fingerprint density at radius 1 is 1.32 bits per heavy atom. The maximum Gasteiger partial charge on any atom is 0.273 e. The second-order valence-electron chi connectivity index (χ2n) is 3.69. The Kier molecular flexibility index (Phi) is 4.84. The lowest BCUT2D eigenvalue weighted by atomic mass is 10.1. The van der Waals surface area contributed by atoms with Crippen LogP contribution in [-0.4, -0.2) is 17.2 Å². The monoisotopic (exact) mass is 338 g/mol. The molecule has 0 bridgehead atoms. The maximum atomic E-state index is 11.7. The van der Waals surface area contributed by atoms with Gasteiger partial charge < -0.3 is 5.11 Å². The van der Waals surface area contributed by atoms with Crippen molar-refractivity contribution >= 4 is 39.4 Å². The number of hydrogen-bond donors (Lipinski definition) is 2. The second-order valence-corrected chi connectivity index (χ2v) is 6.18. The molecule has 1 atom stereocenters. The van der Waals surface area contributed by atoms with Gasteiger partial charge in [0.1, 0.15) is 0 Å². The number of nitrogens with one attached hydrogen (secondary N) is 1. The minimum Gasteiger partial charge on any atom is -0.378 e. The molecule has 2 aromatic rings. The fourth-order valence-corrected chi connectivity index (χ4v) is 2.70. The lowest BCUT2D eigenvalue weighted by Gasteiger charge is -2.08. The lowest BCUT2D eigenvalue weighted by molar-refractivity contribution is -0.129. The molecule has 0 saturated carbocycles. The molecule has 0 radical (unpaired) electrons. The number of halogens is 1. The van der Waals surface area contributed by atoms with E-state index in [4.69, 9.17) is 0 Å². The Hall–Kier alpha value is -1.50. The summed E-state index contributed by atoms with van der Waals surface area (Å²) >= 11 is 4.83. The highest BCUT2D eigenvalue weighted by Gasteiger charge is 2.15. The van der Waals surface area contributed by atoms with Gasteiger partial charge in [0, 0.05) is 4.88 Å². The maximum absolute atomic E-state index is 11.7. The molecular formula is C13H11BrN2O2S. The molecule has 0 aliphatic carbocycles. The predicted octanol–water partition coefficient (Wildman–Crippen LogP) is 2.69. The molecule has 98 valence electrons. The number of nitrogens with zero attached hydrogens (tertiary/aromatic N) is 1. The summed E-state index contributed by atoms with van der Waals surface area (Å²) in [6.45, 7) is 0. The Morgan fingerprint density at radius 3 is 2.68 bits per heavy atom. The van der Waals surface area contributed by atoms with E-state index in [0.29, 0.717) is 5.56 Å². The number of thiophene rings is 1. The number of carbonyl (C=O) groups excluding carboxylic acids is 1. The van der Waals surface area contributed by atoms with Gasteiger partial charge in [-0.1, -0.05) is 30.3 Å². The van der Waals surface area contributed by atoms with Crippen LogP contribution < -0.4 is 5.43 Å². The van der Waals surface area contributed by atoms with Crippen LogP contribution in [0.5, 0.6) is 0 Å². The zero-order valence-electron chi connectivity index (χ0n) is 9.79. The summed E-state index contributed by atoms with van der Waals surface area (Å²) in [5, 5.41) is 13.6. The predicted molar refractivity (Wildman–Crippen MR) is 79.2 cm³/mol. The van der Waals surface area contributed by atoms with Gasteiger partial charge in [0.15, 0.2) is 6.10 Å². The van der Waals surface area contributed by atoms with Gasteiger partial charge in [-0.15, -0.1) is 11.3 Å². The van der Waals surface area contributed by atoms with E-state index in [1.165, 1.54) is 17.6 Å². The number of rotatable bonds is 4. The molecule has 1 amide bonds. The van der Waals surface area contributed by atoms with Crippen LogP contribution in [-0.2, 0) is 4.79 Å². The summed E-state index contributed by atoms with van der Waals surface area (Å²) in [5.74, 6) is -0.557. The van der Waals surface area contributed by atoms with Crippen molar-refractivity contribution in [2.24, 2.45) is 5.10 Å². The van der Waals surface area contributed by atoms with Crippen LogP contribution in [0.3, 0.4) is 0 Å². The Morgan fingerprint density at radius 2 is 2.05 bits per heavy atom. The van der Waals surface area contributed by atoms with E-state index >= 15 is 0 Å². The van der Waals surface area contributed by atoms with Crippen molar-refractivity contribution in [3.05, 3.63) is 56.7 Å². The fourth-order valence-electron chi connectivity index (χ4n) is 1.41. The SMILES string of the molecule is O=C(NN=Cc1ccc(Br)s1)C(O)c1ccccc1. The molecule has 0 aliphatic rings. The number of amides is 1. The van der Waals surface area contributed by atoms with Crippen molar-refractivity contribution in [1.82, 2.24) is 5.43 Å². The van der Waals surface area contributed by atoms with Crippen LogP contribution in [0.15, 0.2) is 51.4 Å². The number of hydrazone groups is 1. The molecule has 0 saturated heterocycles. The van der Waals surface area contributed by atoms with E-state index in [2.05, 4.69) is 26.5 Å². The third-order valence-electron chi connectivity index (χ3n) is 2.32. The summed E-state index contributed by atoms with van der Waals surface area (Å²) in [6.07, 6.45) is 0.318. The number of aliphatic hydroxyl groups is 1. The van der Waals surface area contributed by atoms with Crippen molar-refractivity contribution in [2.45, 2.75) is 6.10 Å². The lowest BCUT2D eigenvalue weighted by Crippen LogP contribution is -2.25. The molecule has 1 unspecified atom stereocenters. The molecule has 0 aliphatic heterocycles. The van der Waals surface area contributed by atoms with Gasteiger partial charge >= 0.3 is 0 Å². The first-order valence-corrected chi connectivity index (χ1v) is 7.09. The van der Waals surface area contributed by atoms with E-state index in [0.717, 1.165) is 8.66 Å². The normalized spacial score (nSPS) is 12.5. The Labute approximate surface area is 122 Å². The molecule has 1 heterocycles. The fraction of sp³-hybridized carbons (Fsp3) is 0.0769. The van der Waals surface area contributed by atoms with E-state index in [1.807, 2.05) is 18.2 Å². The molecule has 19 heavy (non-hydrogen) atoms. The Bertz CT molecular complexity index is 583. The van der Waals surface area contributed by atoms with Gasteiger partial charge in [-0.25, -0.2) is 5.43 Å². The summed E-state index contributed by atoms with van der Waals surface area (Å²) in [5.41, 5.74) is 2.85. The third-order valence-corrected chi connectivity index (χ3v) is 3.88. The van der Waals surface area contributed by atoms with Gasteiger partial charge in [0.05, 0.1) is 10.0 Å². The number of hydrogen-bond acceptors (Lipinski definition) is 4.